The molecule has 2 aromatic heterocycles. The van der Waals surface area contributed by atoms with Crippen LogP contribution in [0.15, 0.2) is 24.5 Å². The molecule has 4 heterocycles. The van der Waals surface area contributed by atoms with Crippen LogP contribution in [0.5, 0.6) is 0 Å². The van der Waals surface area contributed by atoms with E-state index in [1.54, 1.807) is 15.6 Å². The molecule has 2 aromatic rings. The summed E-state index contributed by atoms with van der Waals surface area (Å²) in [5, 5.41) is 8.76. The molecule has 0 unspecified atom stereocenters. The first-order chi connectivity index (χ1) is 13.0. The summed E-state index contributed by atoms with van der Waals surface area (Å²) in [6, 6.07) is 3.69. The summed E-state index contributed by atoms with van der Waals surface area (Å²) in [4.78, 5) is 30.0. The van der Waals surface area contributed by atoms with E-state index in [9.17, 15) is 9.59 Å². The Morgan fingerprint density at radius 1 is 1.15 bits per heavy atom. The number of carbonyl (C=O) groups excluding carboxylic acids is 2. The number of hydrogen-bond donors (Lipinski definition) is 0. The highest BCUT2D eigenvalue weighted by molar-refractivity contribution is 5.93. The predicted molar refractivity (Wildman–Crippen MR) is 99.2 cm³/mol. The molecule has 2 aliphatic heterocycles. The lowest BCUT2D eigenvalue weighted by Gasteiger charge is -2.45. The molecular weight excluding hydrogens is 344 g/mol. The SMILES string of the molecule is CCn1nc(C)cc1C(=O)N1CCC(C(=O)N2CCC2)(n2cccn2)CC1. The summed E-state index contributed by atoms with van der Waals surface area (Å²) in [6.07, 6.45) is 5.80. The predicted octanol–water partition coefficient (Wildman–Crippen LogP) is 1.27. The fraction of sp³-hybridized carbons (Fsp3) is 0.579. The summed E-state index contributed by atoms with van der Waals surface area (Å²) in [6.45, 7) is 7.24. The molecule has 2 aliphatic rings. The third-order valence-electron chi connectivity index (χ3n) is 5.78. The first-order valence-corrected chi connectivity index (χ1v) is 9.68. The number of amides is 2. The average Bonchev–Trinajstić information content (AvgIpc) is 3.29. The zero-order valence-corrected chi connectivity index (χ0v) is 16.0. The minimum Gasteiger partial charge on any atom is -0.340 e. The number of aryl methyl sites for hydroxylation is 2. The fourth-order valence-corrected chi connectivity index (χ4v) is 4.08. The second-order valence-electron chi connectivity index (χ2n) is 7.41. The van der Waals surface area contributed by atoms with Gasteiger partial charge in [-0.3, -0.25) is 19.0 Å². The van der Waals surface area contributed by atoms with E-state index in [1.807, 2.05) is 42.0 Å². The average molecular weight is 370 g/mol. The zero-order chi connectivity index (χ0) is 19.0. The lowest BCUT2D eigenvalue weighted by atomic mass is 9.85. The van der Waals surface area contributed by atoms with Gasteiger partial charge in [-0.25, -0.2) is 0 Å². The summed E-state index contributed by atoms with van der Waals surface area (Å²) >= 11 is 0. The van der Waals surface area contributed by atoms with Gasteiger partial charge in [0.15, 0.2) is 0 Å². The van der Waals surface area contributed by atoms with Crippen LogP contribution < -0.4 is 0 Å². The number of piperidine rings is 1. The van der Waals surface area contributed by atoms with Crippen molar-refractivity contribution in [1.29, 1.82) is 0 Å². The summed E-state index contributed by atoms with van der Waals surface area (Å²) < 4.78 is 3.55. The maximum atomic E-state index is 13.2. The van der Waals surface area contributed by atoms with Crippen LogP contribution in [0.4, 0.5) is 0 Å². The molecule has 2 amide bonds. The van der Waals surface area contributed by atoms with Crippen molar-refractivity contribution in [3.8, 4) is 0 Å². The van der Waals surface area contributed by atoms with E-state index in [0.29, 0.717) is 38.2 Å². The first-order valence-electron chi connectivity index (χ1n) is 9.68. The standard InChI is InChI=1S/C19H26N6O2/c1-3-24-16(14-15(2)21-24)17(26)22-12-6-19(7-13-22,25-11-4-8-20-25)18(27)23-9-5-10-23/h4,8,11,14H,3,5-7,9-10,12-13H2,1-2H3. The van der Waals surface area contributed by atoms with Crippen LogP contribution in [0.3, 0.4) is 0 Å². The fourth-order valence-electron chi connectivity index (χ4n) is 4.08. The second kappa shape index (κ2) is 6.83. The highest BCUT2D eigenvalue weighted by atomic mass is 16.2. The van der Waals surface area contributed by atoms with E-state index in [4.69, 9.17) is 0 Å². The Kier molecular flexibility index (Phi) is 4.49. The van der Waals surface area contributed by atoms with Crippen LogP contribution in [0, 0.1) is 6.92 Å². The van der Waals surface area contributed by atoms with Crippen molar-refractivity contribution < 1.29 is 9.59 Å². The summed E-state index contributed by atoms with van der Waals surface area (Å²) in [5.74, 6) is 0.127. The lowest BCUT2D eigenvalue weighted by molar-refractivity contribution is -0.147. The Morgan fingerprint density at radius 2 is 1.89 bits per heavy atom. The minimum atomic E-state index is -0.679. The third-order valence-corrected chi connectivity index (χ3v) is 5.78. The molecule has 0 aromatic carbocycles. The van der Waals surface area contributed by atoms with Crippen LogP contribution in [0.1, 0.15) is 42.4 Å². The Morgan fingerprint density at radius 3 is 2.44 bits per heavy atom. The highest BCUT2D eigenvalue weighted by Crippen LogP contribution is 2.33. The van der Waals surface area contributed by atoms with Gasteiger partial charge < -0.3 is 9.80 Å². The quantitative estimate of drug-likeness (QED) is 0.812. The molecule has 2 fully saturated rings. The van der Waals surface area contributed by atoms with Crippen molar-refractivity contribution in [2.45, 2.75) is 45.2 Å². The lowest BCUT2D eigenvalue weighted by Crippen LogP contribution is -2.59. The maximum Gasteiger partial charge on any atom is 0.272 e. The molecule has 4 rings (SSSR count). The van der Waals surface area contributed by atoms with E-state index < -0.39 is 5.54 Å². The molecule has 2 saturated heterocycles. The number of rotatable bonds is 4. The minimum absolute atomic E-state index is 0.0112. The molecule has 0 spiro atoms. The first kappa shape index (κ1) is 17.8. The van der Waals surface area contributed by atoms with Crippen LogP contribution >= 0.6 is 0 Å². The van der Waals surface area contributed by atoms with E-state index in [2.05, 4.69) is 10.2 Å². The molecule has 0 bridgehead atoms. The van der Waals surface area contributed by atoms with Crippen molar-refractivity contribution in [1.82, 2.24) is 29.4 Å². The second-order valence-corrected chi connectivity index (χ2v) is 7.41. The zero-order valence-electron chi connectivity index (χ0n) is 16.0. The number of nitrogens with zero attached hydrogens (tertiary/aromatic N) is 6. The van der Waals surface area contributed by atoms with Gasteiger partial charge in [0.25, 0.3) is 11.8 Å². The van der Waals surface area contributed by atoms with Crippen LogP contribution in [-0.2, 0) is 16.9 Å². The van der Waals surface area contributed by atoms with Gasteiger partial charge in [-0.15, -0.1) is 0 Å². The Labute approximate surface area is 158 Å². The number of carbonyl (C=O) groups is 2. The highest BCUT2D eigenvalue weighted by Gasteiger charge is 2.47. The van der Waals surface area contributed by atoms with Gasteiger partial charge >= 0.3 is 0 Å². The normalized spacial score (nSPS) is 19.0. The molecule has 144 valence electrons. The van der Waals surface area contributed by atoms with Gasteiger partial charge in [-0.2, -0.15) is 10.2 Å². The van der Waals surface area contributed by atoms with Crippen molar-refractivity contribution in [2.75, 3.05) is 26.2 Å². The van der Waals surface area contributed by atoms with Gasteiger partial charge in [-0.05, 0) is 45.2 Å². The van der Waals surface area contributed by atoms with Crippen molar-refractivity contribution >= 4 is 11.8 Å². The van der Waals surface area contributed by atoms with E-state index >= 15 is 0 Å². The molecule has 0 radical (unpaired) electrons. The molecule has 8 heteroatoms. The Bertz CT molecular complexity index is 829. The summed E-state index contributed by atoms with van der Waals surface area (Å²) in [7, 11) is 0. The topological polar surface area (TPSA) is 76.3 Å². The Balaban J connectivity index is 1.55. The van der Waals surface area contributed by atoms with Crippen molar-refractivity contribution in [3.63, 3.8) is 0 Å². The smallest absolute Gasteiger partial charge is 0.272 e. The van der Waals surface area contributed by atoms with Crippen molar-refractivity contribution in [2.24, 2.45) is 0 Å². The molecular formula is C19H26N6O2. The molecule has 0 atom stereocenters. The largest absolute Gasteiger partial charge is 0.340 e. The maximum absolute atomic E-state index is 13.2. The van der Waals surface area contributed by atoms with E-state index in [1.165, 1.54) is 0 Å². The van der Waals surface area contributed by atoms with Crippen LogP contribution in [0.25, 0.3) is 0 Å². The van der Waals surface area contributed by atoms with Crippen LogP contribution in [-0.4, -0.2) is 67.4 Å². The summed E-state index contributed by atoms with van der Waals surface area (Å²) in [5.41, 5.74) is 0.786. The number of aromatic nitrogens is 4. The van der Waals surface area contributed by atoms with Gasteiger partial charge in [0.2, 0.25) is 0 Å². The van der Waals surface area contributed by atoms with Gasteiger partial charge in [0, 0.05) is 45.1 Å². The Hall–Kier alpha value is -2.64. The number of likely N-dealkylation sites (tertiary alicyclic amines) is 2. The van der Waals surface area contributed by atoms with E-state index in [0.717, 1.165) is 25.2 Å². The number of hydrogen-bond acceptors (Lipinski definition) is 4. The van der Waals surface area contributed by atoms with Crippen LogP contribution in [0.2, 0.25) is 0 Å². The van der Waals surface area contributed by atoms with Gasteiger partial charge in [0.05, 0.1) is 5.69 Å². The molecule has 0 N–H and O–H groups in total. The molecule has 0 aliphatic carbocycles. The third kappa shape index (κ3) is 2.93. The van der Waals surface area contributed by atoms with Gasteiger partial charge in [0.1, 0.15) is 11.2 Å². The monoisotopic (exact) mass is 370 g/mol. The molecule has 8 nitrogen and oxygen atoms in total. The molecule has 0 saturated carbocycles. The van der Waals surface area contributed by atoms with E-state index in [-0.39, 0.29) is 11.8 Å². The molecule has 27 heavy (non-hydrogen) atoms. The van der Waals surface area contributed by atoms with Crippen molar-refractivity contribution in [3.05, 3.63) is 35.9 Å². The van der Waals surface area contributed by atoms with Gasteiger partial charge in [-0.1, -0.05) is 0 Å².